The molecule has 1 N–H and O–H groups in total. The molecule has 1 aromatic rings. The predicted molar refractivity (Wildman–Crippen MR) is 64.1 cm³/mol. The maximum absolute atomic E-state index is 10.3. The van der Waals surface area contributed by atoms with E-state index in [-0.39, 0.29) is 13.0 Å². The Kier molecular flexibility index (Phi) is 3.75. The number of rotatable bonds is 4. The highest BCUT2D eigenvalue weighted by Crippen LogP contribution is 2.21. The zero-order valence-electron chi connectivity index (χ0n) is 9.56. The van der Waals surface area contributed by atoms with Gasteiger partial charge in [0.05, 0.1) is 12.1 Å². The van der Waals surface area contributed by atoms with Gasteiger partial charge in [0, 0.05) is 5.56 Å². The predicted octanol–water partition coefficient (Wildman–Crippen LogP) is 2.22. The average molecular weight is 233 g/mol. The summed E-state index contributed by atoms with van der Waals surface area (Å²) in [6.07, 6.45) is 3.02. The van der Waals surface area contributed by atoms with Crippen LogP contribution in [0.25, 0.3) is 0 Å². The Bertz CT molecular complexity index is 440. The Morgan fingerprint density at radius 3 is 3.00 bits per heavy atom. The van der Waals surface area contributed by atoms with E-state index < -0.39 is 5.97 Å². The summed E-state index contributed by atoms with van der Waals surface area (Å²) in [6, 6.07) is 8.14. The highest BCUT2D eigenvalue weighted by molar-refractivity contribution is 6.02. The average Bonchev–Trinajstić information content (AvgIpc) is 2.34. The molecule has 1 aromatic carbocycles. The summed E-state index contributed by atoms with van der Waals surface area (Å²) in [5.41, 5.74) is 3.35. The van der Waals surface area contributed by atoms with Crippen molar-refractivity contribution in [3.63, 3.8) is 0 Å². The number of carboxylic acid groups (broad SMARTS) is 1. The molecular formula is C13H15NO3. The third-order valence-electron chi connectivity index (χ3n) is 2.77. The molecule has 0 aromatic heterocycles. The topological polar surface area (TPSA) is 58.9 Å². The van der Waals surface area contributed by atoms with Crippen LogP contribution in [-0.2, 0) is 16.1 Å². The number of fused-ring (bicyclic) bond motifs is 1. The Morgan fingerprint density at radius 1 is 1.35 bits per heavy atom. The highest BCUT2D eigenvalue weighted by Gasteiger charge is 2.15. The summed E-state index contributed by atoms with van der Waals surface area (Å²) in [6.45, 7) is 0.126. The molecule has 1 aliphatic carbocycles. The first-order valence-corrected chi connectivity index (χ1v) is 5.76. The maximum atomic E-state index is 10.3. The maximum Gasteiger partial charge on any atom is 0.306 e. The fourth-order valence-electron chi connectivity index (χ4n) is 1.95. The lowest BCUT2D eigenvalue weighted by Gasteiger charge is -2.16. The molecule has 0 atom stereocenters. The molecule has 90 valence electrons. The molecule has 0 saturated heterocycles. The molecule has 17 heavy (non-hydrogen) atoms. The second kappa shape index (κ2) is 5.48. The van der Waals surface area contributed by atoms with Crippen LogP contribution < -0.4 is 0 Å². The number of carboxylic acids is 1. The van der Waals surface area contributed by atoms with E-state index in [0.717, 1.165) is 30.5 Å². The lowest BCUT2D eigenvalue weighted by Crippen LogP contribution is -2.12. The second-order valence-electron chi connectivity index (χ2n) is 4.03. The first-order chi connectivity index (χ1) is 8.27. The molecule has 0 aliphatic heterocycles. The SMILES string of the molecule is O=C(O)CCO/N=C1\CCCc2ccccc21. The number of benzene rings is 1. The fourth-order valence-corrected chi connectivity index (χ4v) is 1.95. The van der Waals surface area contributed by atoms with E-state index in [1.807, 2.05) is 18.2 Å². The first-order valence-electron chi connectivity index (χ1n) is 5.76. The van der Waals surface area contributed by atoms with Gasteiger partial charge in [-0.2, -0.15) is 0 Å². The Hall–Kier alpha value is -1.84. The van der Waals surface area contributed by atoms with Crippen molar-refractivity contribution in [1.29, 1.82) is 0 Å². The van der Waals surface area contributed by atoms with E-state index in [9.17, 15) is 4.79 Å². The van der Waals surface area contributed by atoms with Crippen molar-refractivity contribution >= 4 is 11.7 Å². The number of hydrogen-bond acceptors (Lipinski definition) is 3. The Morgan fingerprint density at radius 2 is 2.18 bits per heavy atom. The van der Waals surface area contributed by atoms with E-state index in [1.54, 1.807) is 0 Å². The standard InChI is InChI=1S/C13H15NO3/c15-13(16)8-9-17-14-12-7-3-5-10-4-1-2-6-11(10)12/h1-2,4,6H,3,5,7-9H2,(H,15,16)/b14-12+. The van der Waals surface area contributed by atoms with Crippen LogP contribution in [0.4, 0.5) is 0 Å². The van der Waals surface area contributed by atoms with Crippen molar-refractivity contribution in [3.05, 3.63) is 35.4 Å². The second-order valence-corrected chi connectivity index (χ2v) is 4.03. The molecule has 4 heteroatoms. The van der Waals surface area contributed by atoms with E-state index in [4.69, 9.17) is 9.94 Å². The number of aryl methyl sites for hydroxylation is 1. The third-order valence-corrected chi connectivity index (χ3v) is 2.77. The van der Waals surface area contributed by atoms with Crippen molar-refractivity contribution in [1.82, 2.24) is 0 Å². The zero-order chi connectivity index (χ0) is 12.1. The van der Waals surface area contributed by atoms with Gasteiger partial charge in [0.2, 0.25) is 0 Å². The van der Waals surface area contributed by atoms with Crippen LogP contribution in [-0.4, -0.2) is 23.4 Å². The van der Waals surface area contributed by atoms with Crippen molar-refractivity contribution in [2.45, 2.75) is 25.7 Å². The summed E-state index contributed by atoms with van der Waals surface area (Å²) in [7, 11) is 0. The van der Waals surface area contributed by atoms with Gasteiger partial charge < -0.3 is 9.94 Å². The minimum Gasteiger partial charge on any atom is -0.481 e. The van der Waals surface area contributed by atoms with Gasteiger partial charge in [-0.3, -0.25) is 4.79 Å². The Balaban J connectivity index is 2.02. The lowest BCUT2D eigenvalue weighted by molar-refractivity contribution is -0.138. The lowest BCUT2D eigenvalue weighted by atomic mass is 9.90. The first kappa shape index (κ1) is 11.6. The zero-order valence-corrected chi connectivity index (χ0v) is 9.56. The number of aliphatic carboxylic acids is 1. The minimum atomic E-state index is -0.866. The van der Waals surface area contributed by atoms with Crippen LogP contribution in [0, 0.1) is 0 Å². The van der Waals surface area contributed by atoms with Gasteiger partial charge in [-0.25, -0.2) is 0 Å². The summed E-state index contributed by atoms with van der Waals surface area (Å²) >= 11 is 0. The molecule has 0 fully saturated rings. The van der Waals surface area contributed by atoms with E-state index >= 15 is 0 Å². The van der Waals surface area contributed by atoms with Crippen molar-refractivity contribution < 1.29 is 14.7 Å². The summed E-state index contributed by atoms with van der Waals surface area (Å²) < 4.78 is 0. The number of nitrogens with zero attached hydrogens (tertiary/aromatic N) is 1. The van der Waals surface area contributed by atoms with Crippen molar-refractivity contribution in [2.75, 3.05) is 6.61 Å². The van der Waals surface area contributed by atoms with Gasteiger partial charge in [0.25, 0.3) is 0 Å². The molecule has 0 amide bonds. The van der Waals surface area contributed by atoms with E-state index in [2.05, 4.69) is 11.2 Å². The normalized spacial score (nSPS) is 16.6. The molecule has 0 unspecified atom stereocenters. The van der Waals surface area contributed by atoms with Gasteiger partial charge in [-0.15, -0.1) is 0 Å². The third kappa shape index (κ3) is 3.06. The van der Waals surface area contributed by atoms with E-state index in [0.29, 0.717) is 0 Å². The highest BCUT2D eigenvalue weighted by atomic mass is 16.6. The molecule has 2 rings (SSSR count). The summed E-state index contributed by atoms with van der Waals surface area (Å²) in [4.78, 5) is 15.4. The van der Waals surface area contributed by atoms with Crippen molar-refractivity contribution in [2.24, 2.45) is 5.16 Å². The van der Waals surface area contributed by atoms with Gasteiger partial charge in [-0.05, 0) is 24.8 Å². The van der Waals surface area contributed by atoms with Crippen LogP contribution >= 0.6 is 0 Å². The molecule has 0 spiro atoms. The van der Waals surface area contributed by atoms with Crippen molar-refractivity contribution in [3.8, 4) is 0 Å². The van der Waals surface area contributed by atoms with Gasteiger partial charge >= 0.3 is 5.97 Å². The number of carbonyl (C=O) groups is 1. The molecule has 0 heterocycles. The quantitative estimate of drug-likeness (QED) is 0.640. The van der Waals surface area contributed by atoms with E-state index in [1.165, 1.54) is 5.56 Å². The fraction of sp³-hybridized carbons (Fsp3) is 0.385. The molecule has 4 nitrogen and oxygen atoms in total. The minimum absolute atomic E-state index is 0.0154. The van der Waals surface area contributed by atoms with Gasteiger partial charge in [0.15, 0.2) is 0 Å². The monoisotopic (exact) mass is 233 g/mol. The Labute approximate surface area is 99.9 Å². The smallest absolute Gasteiger partial charge is 0.306 e. The summed E-state index contributed by atoms with van der Waals surface area (Å²) in [5, 5.41) is 12.5. The molecule has 0 saturated carbocycles. The number of hydrogen-bond donors (Lipinski definition) is 1. The molecule has 0 radical (unpaired) electrons. The molecular weight excluding hydrogens is 218 g/mol. The van der Waals surface area contributed by atoms with Crippen LogP contribution in [0.2, 0.25) is 0 Å². The van der Waals surface area contributed by atoms with Gasteiger partial charge in [0.1, 0.15) is 6.61 Å². The molecule has 1 aliphatic rings. The number of oxime groups is 1. The van der Waals surface area contributed by atoms with Crippen LogP contribution in [0.3, 0.4) is 0 Å². The van der Waals surface area contributed by atoms with Crippen LogP contribution in [0.1, 0.15) is 30.4 Å². The molecule has 0 bridgehead atoms. The summed E-state index contributed by atoms with van der Waals surface area (Å²) in [5.74, 6) is -0.866. The van der Waals surface area contributed by atoms with Crippen LogP contribution in [0.15, 0.2) is 29.4 Å². The van der Waals surface area contributed by atoms with Crippen LogP contribution in [0.5, 0.6) is 0 Å². The largest absolute Gasteiger partial charge is 0.481 e. The van der Waals surface area contributed by atoms with Gasteiger partial charge in [-0.1, -0.05) is 29.4 Å².